The highest BCUT2D eigenvalue weighted by molar-refractivity contribution is 7.98. The maximum Gasteiger partial charge on any atom is 0.326 e. The molecule has 3 N–H and O–H groups in total. The molecule has 0 fully saturated rings. The van der Waals surface area contributed by atoms with Gasteiger partial charge in [0.25, 0.3) is 0 Å². The standard InChI is InChI=1S/C12H14ClFN2O3S/c1-20-5-4-10(11(17)18)16-12(19)15-7-2-3-8(13)9(14)6-7/h2-3,6,10H,4-5H2,1H3,(H,17,18)(H2,15,16,19)/t10-/m1/s1. The number of aliphatic carboxylic acids is 1. The number of carbonyl (C=O) groups excluding carboxylic acids is 1. The third-order valence-electron chi connectivity index (χ3n) is 2.39. The first-order valence-electron chi connectivity index (χ1n) is 5.68. The molecule has 0 saturated carbocycles. The van der Waals surface area contributed by atoms with Crippen LogP contribution in [-0.2, 0) is 4.79 Å². The molecular weight excluding hydrogens is 307 g/mol. The van der Waals surface area contributed by atoms with E-state index in [2.05, 4.69) is 10.6 Å². The summed E-state index contributed by atoms with van der Waals surface area (Å²) in [5, 5.41) is 13.6. The van der Waals surface area contributed by atoms with E-state index in [1.807, 2.05) is 6.26 Å². The van der Waals surface area contributed by atoms with E-state index >= 15 is 0 Å². The van der Waals surface area contributed by atoms with E-state index in [0.29, 0.717) is 12.2 Å². The third kappa shape index (κ3) is 5.26. The van der Waals surface area contributed by atoms with Crippen LogP contribution in [0.2, 0.25) is 5.02 Å². The lowest BCUT2D eigenvalue weighted by Crippen LogP contribution is -2.43. The zero-order valence-corrected chi connectivity index (χ0v) is 12.2. The van der Waals surface area contributed by atoms with Crippen molar-refractivity contribution in [2.24, 2.45) is 0 Å². The van der Waals surface area contributed by atoms with E-state index in [1.54, 1.807) is 0 Å². The molecular formula is C12H14ClFN2O3S. The number of benzene rings is 1. The van der Waals surface area contributed by atoms with E-state index < -0.39 is 23.9 Å². The molecule has 20 heavy (non-hydrogen) atoms. The Morgan fingerprint density at radius 1 is 1.50 bits per heavy atom. The molecule has 1 rings (SSSR count). The SMILES string of the molecule is CSCC[C@@H](NC(=O)Nc1ccc(Cl)c(F)c1)C(=O)O. The van der Waals surface area contributed by atoms with E-state index in [9.17, 15) is 14.0 Å². The minimum atomic E-state index is -1.11. The third-order valence-corrected chi connectivity index (χ3v) is 3.34. The number of amides is 2. The fraction of sp³-hybridized carbons (Fsp3) is 0.333. The molecule has 0 aromatic heterocycles. The van der Waals surface area contributed by atoms with Gasteiger partial charge >= 0.3 is 12.0 Å². The molecule has 0 saturated heterocycles. The molecule has 0 bridgehead atoms. The van der Waals surface area contributed by atoms with Crippen molar-refractivity contribution in [2.45, 2.75) is 12.5 Å². The summed E-state index contributed by atoms with van der Waals surface area (Å²) in [6.45, 7) is 0. The van der Waals surface area contributed by atoms with Gasteiger partial charge in [-0.2, -0.15) is 11.8 Å². The van der Waals surface area contributed by atoms with Crippen LogP contribution in [-0.4, -0.2) is 35.2 Å². The first kappa shape index (κ1) is 16.6. The first-order valence-corrected chi connectivity index (χ1v) is 7.45. The summed E-state index contributed by atoms with van der Waals surface area (Å²) in [5.41, 5.74) is 0.193. The molecule has 5 nitrogen and oxygen atoms in total. The molecule has 0 aliphatic carbocycles. The number of hydrogen-bond donors (Lipinski definition) is 3. The highest BCUT2D eigenvalue weighted by atomic mass is 35.5. The lowest BCUT2D eigenvalue weighted by molar-refractivity contribution is -0.139. The fourth-order valence-corrected chi connectivity index (χ4v) is 1.98. The normalized spacial score (nSPS) is 11.8. The Morgan fingerprint density at radius 3 is 2.75 bits per heavy atom. The van der Waals surface area contributed by atoms with Crippen LogP contribution in [0.1, 0.15) is 6.42 Å². The van der Waals surface area contributed by atoms with Crippen molar-refractivity contribution >= 4 is 41.1 Å². The van der Waals surface area contributed by atoms with Gasteiger partial charge in [0.05, 0.1) is 5.02 Å². The van der Waals surface area contributed by atoms with Crippen LogP contribution >= 0.6 is 23.4 Å². The minimum absolute atomic E-state index is 0.0562. The van der Waals surface area contributed by atoms with Gasteiger partial charge in [0.1, 0.15) is 11.9 Å². The average molecular weight is 321 g/mol. The summed E-state index contributed by atoms with van der Waals surface area (Å²) in [7, 11) is 0. The van der Waals surface area contributed by atoms with Crippen LogP contribution in [0.15, 0.2) is 18.2 Å². The van der Waals surface area contributed by atoms with Crippen molar-refractivity contribution < 1.29 is 19.1 Å². The Bertz CT molecular complexity index is 502. The number of thioether (sulfide) groups is 1. The monoisotopic (exact) mass is 320 g/mol. The quantitative estimate of drug-likeness (QED) is 0.753. The van der Waals surface area contributed by atoms with Gasteiger partial charge in [0, 0.05) is 5.69 Å². The van der Waals surface area contributed by atoms with Crippen LogP contribution in [0, 0.1) is 5.82 Å². The van der Waals surface area contributed by atoms with Crippen LogP contribution in [0.4, 0.5) is 14.9 Å². The van der Waals surface area contributed by atoms with Crippen molar-refractivity contribution in [3.05, 3.63) is 29.0 Å². The van der Waals surface area contributed by atoms with Gasteiger partial charge in [0.15, 0.2) is 0 Å². The second kappa shape index (κ2) is 7.96. The molecule has 0 aliphatic rings. The number of anilines is 1. The van der Waals surface area contributed by atoms with Crippen molar-refractivity contribution in [1.29, 1.82) is 0 Å². The number of halogens is 2. The number of carboxylic acids is 1. The Hall–Kier alpha value is -1.47. The summed E-state index contributed by atoms with van der Waals surface area (Å²) >= 11 is 7.00. The second-order valence-electron chi connectivity index (χ2n) is 3.90. The lowest BCUT2D eigenvalue weighted by Gasteiger charge is -2.14. The number of carbonyl (C=O) groups is 2. The van der Waals surface area contributed by atoms with Gasteiger partial charge in [-0.25, -0.2) is 14.0 Å². The predicted octanol–water partition coefficient (Wildman–Crippen LogP) is 2.81. The minimum Gasteiger partial charge on any atom is -0.480 e. The molecule has 1 atom stereocenters. The lowest BCUT2D eigenvalue weighted by atomic mass is 10.2. The van der Waals surface area contributed by atoms with Crippen molar-refractivity contribution in [3.63, 3.8) is 0 Å². The van der Waals surface area contributed by atoms with Crippen molar-refractivity contribution in [1.82, 2.24) is 5.32 Å². The summed E-state index contributed by atoms with van der Waals surface area (Å²) in [4.78, 5) is 22.6. The summed E-state index contributed by atoms with van der Waals surface area (Å²) in [5.74, 6) is -1.18. The summed E-state index contributed by atoms with van der Waals surface area (Å²) in [6, 6.07) is 2.08. The summed E-state index contributed by atoms with van der Waals surface area (Å²) < 4.78 is 13.2. The van der Waals surface area contributed by atoms with Gasteiger partial charge in [0.2, 0.25) is 0 Å². The molecule has 8 heteroatoms. The van der Waals surface area contributed by atoms with Gasteiger partial charge in [-0.05, 0) is 36.6 Å². The number of hydrogen-bond acceptors (Lipinski definition) is 3. The molecule has 2 amide bonds. The Kier molecular flexibility index (Phi) is 6.60. The van der Waals surface area contributed by atoms with Gasteiger partial charge in [-0.1, -0.05) is 11.6 Å². The first-order chi connectivity index (χ1) is 9.43. The van der Waals surface area contributed by atoms with Crippen molar-refractivity contribution in [2.75, 3.05) is 17.3 Å². The molecule has 0 unspecified atom stereocenters. The topological polar surface area (TPSA) is 78.4 Å². The van der Waals surface area contributed by atoms with E-state index in [4.69, 9.17) is 16.7 Å². The summed E-state index contributed by atoms with van der Waals surface area (Å²) in [6.07, 6.45) is 2.15. The highest BCUT2D eigenvalue weighted by Crippen LogP contribution is 2.18. The zero-order valence-electron chi connectivity index (χ0n) is 10.7. The molecule has 110 valence electrons. The zero-order chi connectivity index (χ0) is 15.1. The predicted molar refractivity (Wildman–Crippen MR) is 78.0 cm³/mol. The molecule has 0 radical (unpaired) electrons. The Morgan fingerprint density at radius 2 is 2.20 bits per heavy atom. The van der Waals surface area contributed by atoms with Crippen LogP contribution in [0.25, 0.3) is 0 Å². The molecule has 1 aromatic carbocycles. The number of carboxylic acid groups (broad SMARTS) is 1. The maximum absolute atomic E-state index is 13.2. The largest absolute Gasteiger partial charge is 0.480 e. The number of urea groups is 1. The van der Waals surface area contributed by atoms with Crippen LogP contribution in [0.3, 0.4) is 0 Å². The van der Waals surface area contributed by atoms with Gasteiger partial charge in [-0.3, -0.25) is 0 Å². The highest BCUT2D eigenvalue weighted by Gasteiger charge is 2.19. The maximum atomic E-state index is 13.2. The van der Waals surface area contributed by atoms with E-state index in [1.165, 1.54) is 23.9 Å². The molecule has 0 spiro atoms. The number of nitrogens with one attached hydrogen (secondary N) is 2. The van der Waals surface area contributed by atoms with Crippen LogP contribution in [0.5, 0.6) is 0 Å². The van der Waals surface area contributed by atoms with Gasteiger partial charge < -0.3 is 15.7 Å². The van der Waals surface area contributed by atoms with E-state index in [-0.39, 0.29) is 10.7 Å². The molecule has 1 aromatic rings. The second-order valence-corrected chi connectivity index (χ2v) is 5.29. The Balaban J connectivity index is 2.60. The molecule has 0 aliphatic heterocycles. The van der Waals surface area contributed by atoms with Gasteiger partial charge in [-0.15, -0.1) is 0 Å². The number of rotatable bonds is 6. The fourth-order valence-electron chi connectivity index (χ4n) is 1.39. The smallest absolute Gasteiger partial charge is 0.326 e. The van der Waals surface area contributed by atoms with Crippen molar-refractivity contribution in [3.8, 4) is 0 Å². The Labute approximate surface area is 124 Å². The van der Waals surface area contributed by atoms with Crippen LogP contribution < -0.4 is 10.6 Å². The van der Waals surface area contributed by atoms with E-state index in [0.717, 1.165) is 6.07 Å². The average Bonchev–Trinajstić information content (AvgIpc) is 2.38. The molecule has 0 heterocycles.